The molecule has 7 heteroatoms. The number of aliphatic imine (C=N–C) groups is 1. The summed E-state index contributed by atoms with van der Waals surface area (Å²) in [6, 6.07) is 28.2. The van der Waals surface area contributed by atoms with Gasteiger partial charge in [0.25, 0.3) is 8.32 Å². The summed E-state index contributed by atoms with van der Waals surface area (Å²) in [5.41, 5.74) is -1.45. The van der Waals surface area contributed by atoms with Crippen molar-refractivity contribution < 1.29 is 24.1 Å². The lowest BCUT2D eigenvalue weighted by atomic mass is 9.76. The molecule has 0 amide bonds. The molecule has 0 aromatic heterocycles. The largest absolute Gasteiger partial charge is 0.497 e. The van der Waals surface area contributed by atoms with Gasteiger partial charge < -0.3 is 24.1 Å². The average molecular weight is 558 g/mol. The minimum absolute atomic E-state index is 0.152. The van der Waals surface area contributed by atoms with E-state index in [2.05, 4.69) is 45.0 Å². The number of hydrogen-bond donors (Lipinski definition) is 2. The van der Waals surface area contributed by atoms with E-state index in [1.807, 2.05) is 67.6 Å². The van der Waals surface area contributed by atoms with E-state index < -0.39 is 31.7 Å². The van der Waals surface area contributed by atoms with Crippen molar-refractivity contribution in [3.05, 3.63) is 102 Å². The first-order valence-electron chi connectivity index (χ1n) is 13.7. The van der Waals surface area contributed by atoms with Crippen molar-refractivity contribution in [2.45, 2.75) is 63.0 Å². The monoisotopic (exact) mass is 557 g/mol. The van der Waals surface area contributed by atoms with Crippen molar-refractivity contribution in [2.75, 3.05) is 13.7 Å². The molecule has 210 valence electrons. The average Bonchev–Trinajstić information content (AvgIpc) is 3.40. The summed E-state index contributed by atoms with van der Waals surface area (Å²) in [5.74, 6) is 1.11. The second kappa shape index (κ2) is 10.3. The zero-order valence-corrected chi connectivity index (χ0v) is 25.1. The van der Waals surface area contributed by atoms with Crippen LogP contribution in [0.5, 0.6) is 5.75 Å². The zero-order valence-electron chi connectivity index (χ0n) is 24.1. The summed E-state index contributed by atoms with van der Waals surface area (Å²) in [6.45, 7) is 10.4. The molecule has 0 unspecified atom stereocenters. The topological polar surface area (TPSA) is 80.5 Å². The Bertz CT molecular complexity index is 1360. The third-order valence-corrected chi connectivity index (χ3v) is 13.6. The Morgan fingerprint density at radius 3 is 1.98 bits per heavy atom. The normalized spacial score (nSPS) is 26.4. The highest BCUT2D eigenvalue weighted by molar-refractivity contribution is 6.99. The number of methoxy groups -OCH3 is 1. The lowest BCUT2D eigenvalue weighted by Gasteiger charge is -2.44. The first kappa shape index (κ1) is 28.3. The predicted molar refractivity (Wildman–Crippen MR) is 161 cm³/mol. The van der Waals surface area contributed by atoms with Gasteiger partial charge in [0.2, 0.25) is 5.90 Å². The Labute approximate surface area is 238 Å². The first-order chi connectivity index (χ1) is 19.0. The third-order valence-electron chi connectivity index (χ3n) is 8.61. The number of ether oxygens (including phenoxy) is 2. The van der Waals surface area contributed by atoms with Crippen LogP contribution >= 0.6 is 0 Å². The fourth-order valence-corrected chi connectivity index (χ4v) is 10.9. The number of hydrogen-bond acceptors (Lipinski definition) is 6. The van der Waals surface area contributed by atoms with Crippen LogP contribution in [-0.4, -0.2) is 61.5 Å². The van der Waals surface area contributed by atoms with Gasteiger partial charge in [0, 0.05) is 5.56 Å². The molecule has 0 fully saturated rings. The molecule has 1 heterocycles. The first-order valence-corrected chi connectivity index (χ1v) is 15.7. The minimum atomic E-state index is -2.86. The van der Waals surface area contributed by atoms with Crippen LogP contribution in [0, 0.1) is 0 Å². The van der Waals surface area contributed by atoms with Gasteiger partial charge in [0.1, 0.15) is 23.6 Å². The molecule has 0 saturated heterocycles. The van der Waals surface area contributed by atoms with Crippen molar-refractivity contribution in [3.63, 3.8) is 0 Å². The van der Waals surface area contributed by atoms with Gasteiger partial charge in [0.05, 0.1) is 13.7 Å². The molecule has 1 aliphatic heterocycles. The summed E-state index contributed by atoms with van der Waals surface area (Å²) in [4.78, 5) is 4.88. The van der Waals surface area contributed by atoms with Crippen molar-refractivity contribution in [1.82, 2.24) is 0 Å². The van der Waals surface area contributed by atoms with Gasteiger partial charge in [-0.2, -0.15) is 0 Å². The molecule has 40 heavy (non-hydrogen) atoms. The lowest BCUT2D eigenvalue weighted by Crippen LogP contribution is -2.67. The van der Waals surface area contributed by atoms with Crippen molar-refractivity contribution >= 4 is 24.6 Å². The van der Waals surface area contributed by atoms with Crippen LogP contribution in [0.1, 0.15) is 40.2 Å². The molecule has 0 bridgehead atoms. The maximum absolute atomic E-state index is 12.1. The van der Waals surface area contributed by atoms with E-state index in [4.69, 9.17) is 18.9 Å². The van der Waals surface area contributed by atoms with Gasteiger partial charge in [-0.15, -0.1) is 0 Å². The molecule has 2 aliphatic rings. The number of rotatable bonds is 7. The molecular formula is C33H39NO5Si. The summed E-state index contributed by atoms with van der Waals surface area (Å²) in [7, 11) is -1.24. The standard InChI is InChI=1S/C33H39NO5Si/c1-23-33(34-30(39-23)24-17-19-26(37-6)20-18-24)29(35)21-25(32(33,5)36)22-38-40(31(2,3)4,27-13-9-7-10-14-27)28-15-11-8-12-16-28/h7-21,23,29,35-36H,22H2,1-6H3/t23-,29+,32-,33-/m0/s1. The predicted octanol–water partition coefficient (Wildman–Crippen LogP) is 4.23. The van der Waals surface area contributed by atoms with Crippen LogP contribution < -0.4 is 15.1 Å². The van der Waals surface area contributed by atoms with Crippen LogP contribution in [0.3, 0.4) is 0 Å². The Morgan fingerprint density at radius 1 is 0.925 bits per heavy atom. The number of aliphatic hydroxyl groups is 2. The molecule has 3 aromatic rings. The maximum Gasteiger partial charge on any atom is 0.261 e. The van der Waals surface area contributed by atoms with Crippen molar-refractivity contribution in [3.8, 4) is 5.75 Å². The second-order valence-corrected chi connectivity index (χ2v) is 16.2. The van der Waals surface area contributed by atoms with E-state index in [-0.39, 0.29) is 11.6 Å². The highest BCUT2D eigenvalue weighted by atomic mass is 28.4. The van der Waals surface area contributed by atoms with Crippen LogP contribution in [0.4, 0.5) is 0 Å². The molecule has 0 radical (unpaired) electrons. The summed E-state index contributed by atoms with van der Waals surface area (Å²) < 4.78 is 18.6. The number of nitrogens with zero attached hydrogens (tertiary/aromatic N) is 1. The van der Waals surface area contributed by atoms with Gasteiger partial charge in [-0.25, -0.2) is 4.99 Å². The van der Waals surface area contributed by atoms with E-state index in [0.29, 0.717) is 11.5 Å². The Kier molecular flexibility index (Phi) is 7.29. The second-order valence-electron chi connectivity index (χ2n) is 11.9. The fraction of sp³-hybridized carbons (Fsp3) is 0.364. The van der Waals surface area contributed by atoms with Crippen molar-refractivity contribution in [1.29, 1.82) is 0 Å². The molecule has 5 rings (SSSR count). The quantitative estimate of drug-likeness (QED) is 0.336. The number of benzene rings is 3. The molecule has 1 aliphatic carbocycles. The van der Waals surface area contributed by atoms with Crippen LogP contribution in [-0.2, 0) is 9.16 Å². The van der Waals surface area contributed by atoms with Gasteiger partial charge in [-0.3, -0.25) is 0 Å². The Morgan fingerprint density at radius 2 is 1.48 bits per heavy atom. The van der Waals surface area contributed by atoms with Crippen LogP contribution in [0.25, 0.3) is 0 Å². The Hall–Kier alpha value is -3.23. The zero-order chi connectivity index (χ0) is 28.8. The lowest BCUT2D eigenvalue weighted by molar-refractivity contribution is -0.0597. The van der Waals surface area contributed by atoms with E-state index in [1.165, 1.54) is 0 Å². The molecule has 6 nitrogen and oxygen atoms in total. The van der Waals surface area contributed by atoms with Crippen molar-refractivity contribution in [2.24, 2.45) is 4.99 Å². The summed E-state index contributed by atoms with van der Waals surface area (Å²) in [5, 5.41) is 25.7. The fourth-order valence-electron chi connectivity index (χ4n) is 6.38. The highest BCUT2D eigenvalue weighted by Crippen LogP contribution is 2.49. The van der Waals surface area contributed by atoms with E-state index in [9.17, 15) is 10.2 Å². The third kappa shape index (κ3) is 4.32. The van der Waals surface area contributed by atoms with Crippen LogP contribution in [0.15, 0.2) is 102 Å². The minimum Gasteiger partial charge on any atom is -0.497 e. The molecular weight excluding hydrogens is 518 g/mol. The molecule has 1 spiro atoms. The van der Waals surface area contributed by atoms with E-state index >= 15 is 0 Å². The highest BCUT2D eigenvalue weighted by Gasteiger charge is 2.65. The van der Waals surface area contributed by atoms with Gasteiger partial charge >= 0.3 is 0 Å². The molecule has 2 N–H and O–H groups in total. The maximum atomic E-state index is 12.1. The molecule has 4 atom stereocenters. The van der Waals surface area contributed by atoms with E-state index in [1.54, 1.807) is 20.1 Å². The van der Waals surface area contributed by atoms with Gasteiger partial charge in [-0.1, -0.05) is 81.4 Å². The van der Waals surface area contributed by atoms with Crippen LogP contribution in [0.2, 0.25) is 5.04 Å². The van der Waals surface area contributed by atoms with E-state index in [0.717, 1.165) is 21.7 Å². The van der Waals surface area contributed by atoms with Gasteiger partial charge in [-0.05, 0) is 65.2 Å². The number of aliphatic hydroxyl groups excluding tert-OH is 1. The summed E-state index contributed by atoms with van der Waals surface area (Å²) >= 11 is 0. The smallest absolute Gasteiger partial charge is 0.261 e. The van der Waals surface area contributed by atoms with Gasteiger partial charge in [0.15, 0.2) is 5.54 Å². The molecule has 0 saturated carbocycles. The Balaban J connectivity index is 1.52. The molecule has 3 aromatic carbocycles. The summed E-state index contributed by atoms with van der Waals surface area (Å²) in [6.07, 6.45) is 0.0835. The SMILES string of the molecule is COc1ccc(C2=N[C@]3([C@H](O)C=C(CO[Si](c4ccccc4)(c4ccccc4)C(C)(C)C)[C@]3(C)O)[C@H](C)O2)cc1.